The van der Waals surface area contributed by atoms with Crippen LogP contribution in [0.2, 0.25) is 0 Å². The van der Waals surface area contributed by atoms with Crippen LogP contribution in [0.15, 0.2) is 46.0 Å². The number of nitrogens with one attached hydrogen (secondary N) is 1. The first kappa shape index (κ1) is 23.2. The third kappa shape index (κ3) is 6.26. The SMILES string of the molecule is CC(C)c1cccc(C(C)C)c1NC(=O)CCCCCSc1nc2ccc(O)cc2o1. The second-order valence-electron chi connectivity index (χ2n) is 8.46. The van der Waals surface area contributed by atoms with E-state index in [0.29, 0.717) is 29.1 Å². The first-order valence-electron chi connectivity index (χ1n) is 11.0. The maximum Gasteiger partial charge on any atom is 0.256 e. The molecule has 1 aromatic heterocycles. The number of hydrogen-bond donors (Lipinski definition) is 2. The third-order valence-corrected chi connectivity index (χ3v) is 6.18. The van der Waals surface area contributed by atoms with E-state index >= 15 is 0 Å². The van der Waals surface area contributed by atoms with Crippen LogP contribution in [0.3, 0.4) is 0 Å². The van der Waals surface area contributed by atoms with Crippen molar-refractivity contribution in [2.45, 2.75) is 70.4 Å². The molecule has 1 amide bonds. The van der Waals surface area contributed by atoms with Crippen molar-refractivity contribution in [1.82, 2.24) is 4.98 Å². The molecule has 0 radical (unpaired) electrons. The number of anilines is 1. The lowest BCUT2D eigenvalue weighted by Crippen LogP contribution is -2.15. The number of carbonyl (C=O) groups is 1. The average Bonchev–Trinajstić information content (AvgIpc) is 3.12. The Morgan fingerprint density at radius 1 is 1.06 bits per heavy atom. The van der Waals surface area contributed by atoms with Crippen molar-refractivity contribution in [3.05, 3.63) is 47.5 Å². The molecule has 0 saturated carbocycles. The minimum absolute atomic E-state index is 0.0846. The lowest BCUT2D eigenvalue weighted by atomic mass is 9.92. The fourth-order valence-electron chi connectivity index (χ4n) is 3.58. The van der Waals surface area contributed by atoms with Crippen molar-refractivity contribution in [2.75, 3.05) is 11.1 Å². The van der Waals surface area contributed by atoms with Gasteiger partial charge in [-0.2, -0.15) is 0 Å². The summed E-state index contributed by atoms with van der Waals surface area (Å²) in [5.41, 5.74) is 4.74. The molecule has 0 fully saturated rings. The van der Waals surface area contributed by atoms with Gasteiger partial charge < -0.3 is 14.8 Å². The Morgan fingerprint density at radius 3 is 2.45 bits per heavy atom. The van der Waals surface area contributed by atoms with Crippen molar-refractivity contribution in [1.29, 1.82) is 0 Å². The number of phenols is 1. The molecule has 31 heavy (non-hydrogen) atoms. The molecular weight excluding hydrogens is 408 g/mol. The number of nitrogens with zero attached hydrogens (tertiary/aromatic N) is 1. The molecular formula is C25H32N2O3S. The molecule has 0 aliphatic heterocycles. The molecule has 2 aromatic carbocycles. The number of aromatic hydroxyl groups is 1. The molecule has 0 bridgehead atoms. The summed E-state index contributed by atoms with van der Waals surface area (Å²) in [4.78, 5) is 17.0. The third-order valence-electron chi connectivity index (χ3n) is 5.26. The van der Waals surface area contributed by atoms with Crippen molar-refractivity contribution in [2.24, 2.45) is 0 Å². The molecule has 0 spiro atoms. The quantitative estimate of drug-likeness (QED) is 0.260. The average molecular weight is 441 g/mol. The molecule has 0 aliphatic carbocycles. The van der Waals surface area contributed by atoms with Gasteiger partial charge in [-0.05, 0) is 47.9 Å². The molecule has 6 heteroatoms. The number of para-hydroxylation sites is 1. The lowest BCUT2D eigenvalue weighted by molar-refractivity contribution is -0.116. The molecule has 0 saturated heterocycles. The van der Waals surface area contributed by atoms with Crippen LogP contribution in [0.5, 0.6) is 5.75 Å². The smallest absolute Gasteiger partial charge is 0.256 e. The molecule has 3 rings (SSSR count). The van der Waals surface area contributed by atoms with Gasteiger partial charge in [0.05, 0.1) is 0 Å². The summed E-state index contributed by atoms with van der Waals surface area (Å²) in [6, 6.07) is 11.2. The van der Waals surface area contributed by atoms with Crippen LogP contribution in [-0.4, -0.2) is 21.8 Å². The van der Waals surface area contributed by atoms with E-state index in [9.17, 15) is 9.90 Å². The number of fused-ring (bicyclic) bond motifs is 1. The van der Waals surface area contributed by atoms with Gasteiger partial charge in [-0.25, -0.2) is 4.98 Å². The molecule has 0 unspecified atom stereocenters. The summed E-state index contributed by atoms with van der Waals surface area (Å²) in [7, 11) is 0. The molecule has 1 heterocycles. The number of aromatic nitrogens is 1. The summed E-state index contributed by atoms with van der Waals surface area (Å²) in [5.74, 6) is 1.87. The first-order chi connectivity index (χ1) is 14.8. The van der Waals surface area contributed by atoms with E-state index in [0.717, 1.165) is 36.2 Å². The second kappa shape index (κ2) is 10.7. The van der Waals surface area contributed by atoms with E-state index < -0.39 is 0 Å². The van der Waals surface area contributed by atoms with Gasteiger partial charge in [0.1, 0.15) is 11.3 Å². The predicted octanol–water partition coefficient (Wildman–Crippen LogP) is 7.07. The van der Waals surface area contributed by atoms with Crippen molar-refractivity contribution in [3.8, 4) is 5.75 Å². The van der Waals surface area contributed by atoms with Crippen molar-refractivity contribution < 1.29 is 14.3 Å². The van der Waals surface area contributed by atoms with Gasteiger partial charge in [0.2, 0.25) is 5.91 Å². The zero-order chi connectivity index (χ0) is 22.4. The Kier molecular flexibility index (Phi) is 8.02. The van der Waals surface area contributed by atoms with Gasteiger partial charge in [-0.1, -0.05) is 64.1 Å². The number of hydrogen-bond acceptors (Lipinski definition) is 5. The summed E-state index contributed by atoms with van der Waals surface area (Å²) < 4.78 is 5.65. The molecule has 2 N–H and O–H groups in total. The maximum absolute atomic E-state index is 12.6. The van der Waals surface area contributed by atoms with E-state index in [2.05, 4.69) is 56.2 Å². The summed E-state index contributed by atoms with van der Waals surface area (Å²) in [5, 5.41) is 13.3. The van der Waals surface area contributed by atoms with Gasteiger partial charge in [0.15, 0.2) is 5.58 Å². The van der Waals surface area contributed by atoms with Crippen LogP contribution < -0.4 is 5.32 Å². The summed E-state index contributed by atoms with van der Waals surface area (Å²) >= 11 is 1.56. The molecule has 166 valence electrons. The Labute approximate surface area is 188 Å². The number of benzene rings is 2. The Hall–Kier alpha value is -2.47. The number of rotatable bonds is 10. The van der Waals surface area contributed by atoms with Gasteiger partial charge in [0, 0.05) is 23.9 Å². The Balaban J connectivity index is 1.43. The zero-order valence-electron chi connectivity index (χ0n) is 18.8. The highest BCUT2D eigenvalue weighted by molar-refractivity contribution is 7.99. The first-order valence-corrected chi connectivity index (χ1v) is 12.0. The van der Waals surface area contributed by atoms with Crippen LogP contribution >= 0.6 is 11.8 Å². The minimum atomic E-state index is 0.0846. The van der Waals surface area contributed by atoms with Crippen LogP contribution in [-0.2, 0) is 4.79 Å². The van der Waals surface area contributed by atoms with E-state index in [1.165, 1.54) is 11.1 Å². The molecule has 5 nitrogen and oxygen atoms in total. The second-order valence-corrected chi connectivity index (χ2v) is 9.51. The van der Waals surface area contributed by atoms with E-state index in [1.54, 1.807) is 30.0 Å². The van der Waals surface area contributed by atoms with E-state index in [4.69, 9.17) is 4.42 Å². The highest BCUT2D eigenvalue weighted by Crippen LogP contribution is 2.32. The molecule has 0 aliphatic rings. The topological polar surface area (TPSA) is 75.4 Å². The van der Waals surface area contributed by atoms with E-state index in [1.807, 2.05) is 0 Å². The van der Waals surface area contributed by atoms with Crippen molar-refractivity contribution in [3.63, 3.8) is 0 Å². The Morgan fingerprint density at radius 2 is 1.77 bits per heavy atom. The normalized spacial score (nSPS) is 11.5. The van der Waals surface area contributed by atoms with Gasteiger partial charge in [-0.3, -0.25) is 4.79 Å². The predicted molar refractivity (Wildman–Crippen MR) is 128 cm³/mol. The van der Waals surface area contributed by atoms with Crippen LogP contribution in [0, 0.1) is 0 Å². The summed E-state index contributed by atoms with van der Waals surface area (Å²) in [6.45, 7) is 8.64. The largest absolute Gasteiger partial charge is 0.508 e. The zero-order valence-corrected chi connectivity index (χ0v) is 19.6. The van der Waals surface area contributed by atoms with Crippen molar-refractivity contribution >= 4 is 34.5 Å². The number of amides is 1. The van der Waals surface area contributed by atoms with Crippen LogP contribution in [0.1, 0.15) is 76.3 Å². The minimum Gasteiger partial charge on any atom is -0.508 e. The molecule has 3 aromatic rings. The number of thioether (sulfide) groups is 1. The number of carbonyl (C=O) groups excluding carboxylic acids is 1. The number of unbranched alkanes of at least 4 members (excludes halogenated alkanes) is 2. The lowest BCUT2D eigenvalue weighted by Gasteiger charge is -2.20. The standard InChI is InChI=1S/C25H32N2O3S/c1-16(2)19-9-8-10-20(17(3)4)24(19)27-23(29)11-6-5-7-14-31-25-26-21-13-12-18(28)15-22(21)30-25/h8-10,12-13,15-17,28H,5-7,11,14H2,1-4H3,(H,27,29). The van der Waals surface area contributed by atoms with Crippen LogP contribution in [0.25, 0.3) is 11.1 Å². The Bertz CT molecular complexity index is 1000. The highest BCUT2D eigenvalue weighted by Gasteiger charge is 2.15. The highest BCUT2D eigenvalue weighted by atomic mass is 32.2. The number of phenolic OH excluding ortho intramolecular Hbond substituents is 1. The maximum atomic E-state index is 12.6. The van der Waals surface area contributed by atoms with Gasteiger partial charge in [-0.15, -0.1) is 0 Å². The van der Waals surface area contributed by atoms with E-state index in [-0.39, 0.29) is 11.7 Å². The van der Waals surface area contributed by atoms with Gasteiger partial charge >= 0.3 is 0 Å². The molecule has 0 atom stereocenters. The fourth-order valence-corrected chi connectivity index (χ4v) is 4.41. The monoisotopic (exact) mass is 440 g/mol. The summed E-state index contributed by atoms with van der Waals surface area (Å²) in [6.07, 6.45) is 3.34. The fraction of sp³-hybridized carbons (Fsp3) is 0.440. The van der Waals surface area contributed by atoms with Crippen LogP contribution in [0.4, 0.5) is 5.69 Å². The van der Waals surface area contributed by atoms with Gasteiger partial charge in [0.25, 0.3) is 5.22 Å². The number of oxazole rings is 1.